The van der Waals surface area contributed by atoms with Gasteiger partial charge in [0.05, 0.1) is 6.04 Å². The number of amides is 1. The van der Waals surface area contributed by atoms with Crippen LogP contribution in [0.2, 0.25) is 0 Å². The van der Waals surface area contributed by atoms with Crippen LogP contribution in [0, 0.1) is 5.92 Å². The Labute approximate surface area is 161 Å². The fourth-order valence-corrected chi connectivity index (χ4v) is 3.14. The van der Waals surface area contributed by atoms with Crippen LogP contribution in [0.4, 0.5) is 0 Å². The predicted octanol–water partition coefficient (Wildman–Crippen LogP) is 4.47. The molecule has 2 unspecified atom stereocenters. The van der Waals surface area contributed by atoms with E-state index in [1.807, 2.05) is 61.5 Å². The van der Waals surface area contributed by atoms with Gasteiger partial charge in [0, 0.05) is 6.42 Å². The van der Waals surface area contributed by atoms with Crippen LogP contribution in [0.5, 0.6) is 11.5 Å². The number of rotatable bonds is 7. The predicted molar refractivity (Wildman–Crippen MR) is 107 cm³/mol. The number of hydrogen-bond donors (Lipinski definition) is 2. The van der Waals surface area contributed by atoms with Crippen LogP contribution >= 0.6 is 12.4 Å². The Morgan fingerprint density at radius 1 is 1.15 bits per heavy atom. The number of ether oxygens (including phenoxy) is 1. The van der Waals surface area contributed by atoms with E-state index in [4.69, 9.17) is 4.74 Å². The number of benzene rings is 2. The van der Waals surface area contributed by atoms with Crippen molar-refractivity contribution in [3.05, 3.63) is 60.2 Å². The van der Waals surface area contributed by atoms with E-state index in [-0.39, 0.29) is 24.4 Å². The summed E-state index contributed by atoms with van der Waals surface area (Å²) >= 11 is 0. The molecule has 1 heterocycles. The Bertz CT molecular complexity index is 670. The molecular formula is C21H27ClN2O2. The van der Waals surface area contributed by atoms with Crippen LogP contribution in [0.1, 0.15) is 37.8 Å². The topological polar surface area (TPSA) is 50.4 Å². The SMILES string of the molecule is CC(NC(=O)CCC1CCNC1)c1ccc(Oc2ccccc2)cc1.Cl. The van der Waals surface area contributed by atoms with E-state index in [0.717, 1.165) is 36.6 Å². The lowest BCUT2D eigenvalue weighted by Gasteiger charge is -2.16. The smallest absolute Gasteiger partial charge is 0.220 e. The summed E-state index contributed by atoms with van der Waals surface area (Å²) in [6.45, 7) is 4.15. The first kappa shape index (κ1) is 20.3. The molecule has 2 aromatic carbocycles. The van der Waals surface area contributed by atoms with Crippen molar-refractivity contribution in [2.24, 2.45) is 5.92 Å². The highest BCUT2D eigenvalue weighted by Crippen LogP contribution is 2.23. The third-order valence-electron chi connectivity index (χ3n) is 4.68. The molecule has 1 fully saturated rings. The van der Waals surface area contributed by atoms with Crippen LogP contribution in [-0.2, 0) is 4.79 Å². The lowest BCUT2D eigenvalue weighted by Crippen LogP contribution is -2.27. The molecule has 0 bridgehead atoms. The maximum absolute atomic E-state index is 12.1. The zero-order valence-corrected chi connectivity index (χ0v) is 15.9. The second kappa shape index (κ2) is 10.2. The summed E-state index contributed by atoms with van der Waals surface area (Å²) in [5.41, 5.74) is 1.08. The van der Waals surface area contributed by atoms with Gasteiger partial charge >= 0.3 is 0 Å². The number of nitrogens with one attached hydrogen (secondary N) is 2. The molecule has 2 atom stereocenters. The third kappa shape index (κ3) is 6.04. The highest BCUT2D eigenvalue weighted by atomic mass is 35.5. The van der Waals surface area contributed by atoms with Gasteiger partial charge in [-0.15, -0.1) is 12.4 Å². The Hall–Kier alpha value is -2.04. The zero-order valence-electron chi connectivity index (χ0n) is 15.1. The van der Waals surface area contributed by atoms with Crippen molar-refractivity contribution in [3.8, 4) is 11.5 Å². The van der Waals surface area contributed by atoms with Gasteiger partial charge in [-0.25, -0.2) is 0 Å². The third-order valence-corrected chi connectivity index (χ3v) is 4.68. The zero-order chi connectivity index (χ0) is 17.5. The molecule has 5 heteroatoms. The van der Waals surface area contributed by atoms with E-state index < -0.39 is 0 Å². The number of halogens is 1. The molecule has 1 aliphatic heterocycles. The first-order valence-electron chi connectivity index (χ1n) is 9.03. The Morgan fingerprint density at radius 2 is 1.85 bits per heavy atom. The number of para-hydroxylation sites is 1. The molecule has 0 spiro atoms. The van der Waals surface area contributed by atoms with Gasteiger partial charge in [-0.05, 0) is 68.6 Å². The normalized spacial score (nSPS) is 17.2. The quantitative estimate of drug-likeness (QED) is 0.751. The molecule has 0 aromatic heterocycles. The van der Waals surface area contributed by atoms with Crippen molar-refractivity contribution in [1.82, 2.24) is 10.6 Å². The van der Waals surface area contributed by atoms with Crippen molar-refractivity contribution in [3.63, 3.8) is 0 Å². The van der Waals surface area contributed by atoms with Crippen LogP contribution in [-0.4, -0.2) is 19.0 Å². The molecule has 1 aliphatic rings. The molecule has 2 aromatic rings. The van der Waals surface area contributed by atoms with Gasteiger partial charge in [0.1, 0.15) is 11.5 Å². The molecule has 3 rings (SSSR count). The summed E-state index contributed by atoms with van der Waals surface area (Å²) in [6, 6.07) is 17.6. The van der Waals surface area contributed by atoms with Crippen molar-refractivity contribution in [2.75, 3.05) is 13.1 Å². The molecule has 4 nitrogen and oxygen atoms in total. The van der Waals surface area contributed by atoms with Crippen molar-refractivity contribution >= 4 is 18.3 Å². The monoisotopic (exact) mass is 374 g/mol. The van der Waals surface area contributed by atoms with E-state index >= 15 is 0 Å². The molecule has 140 valence electrons. The minimum absolute atomic E-state index is 0. The summed E-state index contributed by atoms with van der Waals surface area (Å²) < 4.78 is 5.80. The van der Waals surface area contributed by atoms with E-state index in [2.05, 4.69) is 10.6 Å². The fourth-order valence-electron chi connectivity index (χ4n) is 3.14. The largest absolute Gasteiger partial charge is 0.457 e. The summed E-state index contributed by atoms with van der Waals surface area (Å²) in [4.78, 5) is 12.1. The van der Waals surface area contributed by atoms with Gasteiger partial charge in [0.15, 0.2) is 0 Å². The minimum Gasteiger partial charge on any atom is -0.457 e. The van der Waals surface area contributed by atoms with Crippen LogP contribution < -0.4 is 15.4 Å². The lowest BCUT2D eigenvalue weighted by molar-refractivity contribution is -0.122. The van der Waals surface area contributed by atoms with Crippen molar-refractivity contribution in [1.29, 1.82) is 0 Å². The van der Waals surface area contributed by atoms with Crippen LogP contribution in [0.3, 0.4) is 0 Å². The molecule has 2 N–H and O–H groups in total. The van der Waals surface area contributed by atoms with E-state index in [1.165, 1.54) is 6.42 Å². The van der Waals surface area contributed by atoms with E-state index in [9.17, 15) is 4.79 Å². The Balaban J connectivity index is 0.00000243. The highest BCUT2D eigenvalue weighted by Gasteiger charge is 2.16. The van der Waals surface area contributed by atoms with Crippen LogP contribution in [0.15, 0.2) is 54.6 Å². The van der Waals surface area contributed by atoms with Crippen LogP contribution in [0.25, 0.3) is 0 Å². The summed E-state index contributed by atoms with van der Waals surface area (Å²) in [7, 11) is 0. The van der Waals surface area contributed by atoms with Gasteiger partial charge in [-0.1, -0.05) is 30.3 Å². The molecule has 1 amide bonds. The molecule has 0 aliphatic carbocycles. The molecule has 0 radical (unpaired) electrons. The van der Waals surface area contributed by atoms with E-state index in [0.29, 0.717) is 12.3 Å². The van der Waals surface area contributed by atoms with Gasteiger partial charge in [-0.2, -0.15) is 0 Å². The van der Waals surface area contributed by atoms with Crippen molar-refractivity contribution < 1.29 is 9.53 Å². The minimum atomic E-state index is -0.0000201. The Morgan fingerprint density at radius 3 is 2.50 bits per heavy atom. The Kier molecular flexibility index (Phi) is 7.95. The van der Waals surface area contributed by atoms with Gasteiger partial charge in [0.2, 0.25) is 5.91 Å². The summed E-state index contributed by atoms with van der Waals surface area (Å²) in [5, 5.41) is 6.43. The highest BCUT2D eigenvalue weighted by molar-refractivity contribution is 5.85. The first-order valence-corrected chi connectivity index (χ1v) is 9.03. The van der Waals surface area contributed by atoms with Crippen molar-refractivity contribution in [2.45, 2.75) is 32.2 Å². The number of carbonyl (C=O) groups excluding carboxylic acids is 1. The first-order chi connectivity index (χ1) is 12.2. The second-order valence-electron chi connectivity index (χ2n) is 6.67. The lowest BCUT2D eigenvalue weighted by atomic mass is 10.0. The molecular weight excluding hydrogens is 348 g/mol. The molecule has 26 heavy (non-hydrogen) atoms. The second-order valence-corrected chi connectivity index (χ2v) is 6.67. The average molecular weight is 375 g/mol. The van der Waals surface area contributed by atoms with Gasteiger partial charge in [-0.3, -0.25) is 4.79 Å². The fraction of sp³-hybridized carbons (Fsp3) is 0.381. The molecule has 0 saturated carbocycles. The average Bonchev–Trinajstić information content (AvgIpc) is 3.15. The maximum Gasteiger partial charge on any atom is 0.220 e. The molecule has 1 saturated heterocycles. The standard InChI is InChI=1S/C21H26N2O2.ClH/c1-16(23-21(24)12-7-17-13-14-22-15-17)18-8-10-20(11-9-18)25-19-5-3-2-4-6-19;/h2-6,8-11,16-17,22H,7,12-15H2,1H3,(H,23,24);1H. The summed E-state index contributed by atoms with van der Waals surface area (Å²) in [5.74, 6) is 2.39. The summed E-state index contributed by atoms with van der Waals surface area (Å²) in [6.07, 6.45) is 2.76. The number of carbonyl (C=O) groups is 1. The van der Waals surface area contributed by atoms with Gasteiger partial charge in [0.25, 0.3) is 0 Å². The van der Waals surface area contributed by atoms with E-state index in [1.54, 1.807) is 0 Å². The van der Waals surface area contributed by atoms with Gasteiger partial charge < -0.3 is 15.4 Å². The maximum atomic E-state index is 12.1. The number of hydrogen-bond acceptors (Lipinski definition) is 3.